The lowest BCUT2D eigenvalue weighted by Gasteiger charge is -2.26. The number of carbonyl (C=O) groups excluding carboxylic acids is 1. The van der Waals surface area contributed by atoms with Crippen molar-refractivity contribution in [3.05, 3.63) is 95.0 Å². The van der Waals surface area contributed by atoms with Crippen LogP contribution in [0.3, 0.4) is 0 Å². The van der Waals surface area contributed by atoms with Gasteiger partial charge in [0.25, 0.3) is 5.91 Å². The minimum atomic E-state index is -0.158. The number of nitrogens with zero attached hydrogens (tertiary/aromatic N) is 4. The minimum Gasteiger partial charge on any atom is -0.363 e. The summed E-state index contributed by atoms with van der Waals surface area (Å²) >= 11 is 1.47. The van der Waals surface area contributed by atoms with Crippen molar-refractivity contribution in [2.45, 2.75) is 38.4 Å². The molecule has 4 aromatic rings. The summed E-state index contributed by atoms with van der Waals surface area (Å²) in [6.45, 7) is 3.60. The van der Waals surface area contributed by atoms with Crippen LogP contribution in [-0.4, -0.2) is 27.0 Å². The molecule has 3 N–H and O–H groups in total. The fraction of sp³-hybridized carbons (Fsp3) is 0.269. The van der Waals surface area contributed by atoms with Crippen LogP contribution in [0.5, 0.6) is 0 Å². The highest BCUT2D eigenvalue weighted by atomic mass is 32.1. The standard InChI is InChI=1S/C26H28N6OS/c1-18(27)20-6-8-21(9-7-20)32-15-3-4-23(32)22-17-34-26(29-22)30-25(33)24-5-2-14-31(24)16-19-10-12-28-13-11-19/h2,5-14,17-18,23H,3-4,15-16,27H2,1H3,(H,29,30,33)/t18-,23+/m0/s1. The number of hydrogen-bond acceptors (Lipinski definition) is 6. The predicted molar refractivity (Wildman–Crippen MR) is 136 cm³/mol. The van der Waals surface area contributed by atoms with Gasteiger partial charge in [-0.05, 0) is 67.3 Å². The smallest absolute Gasteiger partial charge is 0.274 e. The normalized spacial score (nSPS) is 16.5. The van der Waals surface area contributed by atoms with Crippen LogP contribution < -0.4 is 16.0 Å². The first-order valence-electron chi connectivity index (χ1n) is 11.5. The topological polar surface area (TPSA) is 89.1 Å². The molecule has 0 saturated carbocycles. The molecule has 1 saturated heterocycles. The van der Waals surface area contributed by atoms with E-state index in [1.165, 1.54) is 17.0 Å². The molecule has 3 aromatic heterocycles. The van der Waals surface area contributed by atoms with Crippen LogP contribution in [0.15, 0.2) is 72.5 Å². The molecule has 4 heterocycles. The maximum Gasteiger partial charge on any atom is 0.274 e. The van der Waals surface area contributed by atoms with Crippen LogP contribution in [0.2, 0.25) is 0 Å². The molecule has 1 fully saturated rings. The number of carbonyl (C=O) groups is 1. The molecule has 1 aliphatic rings. The maximum absolute atomic E-state index is 13.0. The van der Waals surface area contributed by atoms with E-state index in [1.54, 1.807) is 12.4 Å². The molecule has 1 aliphatic heterocycles. The molecule has 0 spiro atoms. The number of nitrogens with two attached hydrogens (primary N) is 1. The number of nitrogens with one attached hydrogen (secondary N) is 1. The van der Waals surface area contributed by atoms with Gasteiger partial charge in [0.15, 0.2) is 5.13 Å². The highest BCUT2D eigenvalue weighted by molar-refractivity contribution is 7.14. The Balaban J connectivity index is 1.28. The third-order valence-electron chi connectivity index (χ3n) is 6.25. The average molecular weight is 473 g/mol. The van der Waals surface area contributed by atoms with E-state index in [9.17, 15) is 4.79 Å². The second kappa shape index (κ2) is 9.79. The Kier molecular flexibility index (Phi) is 6.42. The Morgan fingerprint density at radius 1 is 1.21 bits per heavy atom. The molecule has 174 valence electrons. The van der Waals surface area contributed by atoms with Crippen molar-refractivity contribution in [2.75, 3.05) is 16.8 Å². The molecule has 8 heteroatoms. The minimum absolute atomic E-state index is 0.0268. The number of amides is 1. The third-order valence-corrected chi connectivity index (χ3v) is 7.03. The van der Waals surface area contributed by atoms with Crippen LogP contribution >= 0.6 is 11.3 Å². The molecule has 0 aliphatic carbocycles. The van der Waals surface area contributed by atoms with Gasteiger partial charge in [0.05, 0.1) is 11.7 Å². The number of hydrogen-bond donors (Lipinski definition) is 2. The lowest BCUT2D eigenvalue weighted by Crippen LogP contribution is -2.23. The summed E-state index contributed by atoms with van der Waals surface area (Å²) in [4.78, 5) is 24.2. The fourth-order valence-corrected chi connectivity index (χ4v) is 5.21. The van der Waals surface area contributed by atoms with Crippen molar-refractivity contribution in [1.29, 1.82) is 0 Å². The summed E-state index contributed by atoms with van der Waals surface area (Å²) < 4.78 is 1.93. The first kappa shape index (κ1) is 22.3. The summed E-state index contributed by atoms with van der Waals surface area (Å²) in [5.74, 6) is -0.158. The van der Waals surface area contributed by atoms with Gasteiger partial charge in [-0.15, -0.1) is 11.3 Å². The number of rotatable bonds is 7. The number of pyridine rings is 1. The molecule has 1 amide bonds. The average Bonchev–Trinajstić information content (AvgIpc) is 3.60. The van der Waals surface area contributed by atoms with Gasteiger partial charge in [0.1, 0.15) is 5.69 Å². The zero-order valence-corrected chi connectivity index (χ0v) is 19.9. The number of anilines is 2. The number of thiazole rings is 1. The first-order chi connectivity index (χ1) is 16.6. The van der Waals surface area contributed by atoms with Crippen LogP contribution in [-0.2, 0) is 6.54 Å². The fourth-order valence-electron chi connectivity index (χ4n) is 4.45. The van der Waals surface area contributed by atoms with Gasteiger partial charge >= 0.3 is 0 Å². The summed E-state index contributed by atoms with van der Waals surface area (Å²) in [6, 6.07) is 16.3. The third kappa shape index (κ3) is 4.73. The van der Waals surface area contributed by atoms with Crippen molar-refractivity contribution in [3.8, 4) is 0 Å². The summed E-state index contributed by atoms with van der Waals surface area (Å²) in [6.07, 6.45) is 7.59. The van der Waals surface area contributed by atoms with Crippen LogP contribution in [0.4, 0.5) is 10.8 Å². The first-order valence-corrected chi connectivity index (χ1v) is 12.4. The van der Waals surface area contributed by atoms with Gasteiger partial charge < -0.3 is 15.2 Å². The molecule has 1 aromatic carbocycles. The maximum atomic E-state index is 13.0. The summed E-state index contributed by atoms with van der Waals surface area (Å²) in [7, 11) is 0. The second-order valence-corrected chi connectivity index (χ2v) is 9.50. The Bertz CT molecular complexity index is 1250. The molecular formula is C26H28N6OS. The monoisotopic (exact) mass is 472 g/mol. The van der Waals surface area contributed by atoms with Crippen LogP contribution in [0, 0.1) is 0 Å². The zero-order valence-electron chi connectivity index (χ0n) is 19.1. The van der Waals surface area contributed by atoms with Crippen molar-refractivity contribution in [2.24, 2.45) is 5.73 Å². The van der Waals surface area contributed by atoms with Gasteiger partial charge in [-0.3, -0.25) is 15.1 Å². The van der Waals surface area contributed by atoms with Crippen molar-refractivity contribution >= 4 is 28.1 Å². The quantitative estimate of drug-likeness (QED) is 0.395. The van der Waals surface area contributed by atoms with E-state index in [1.807, 2.05) is 42.0 Å². The van der Waals surface area contributed by atoms with E-state index < -0.39 is 0 Å². The van der Waals surface area contributed by atoms with Gasteiger partial charge in [-0.2, -0.15) is 0 Å². The van der Waals surface area contributed by atoms with E-state index in [4.69, 9.17) is 10.7 Å². The Hall–Kier alpha value is -3.49. The molecule has 0 unspecified atom stereocenters. The molecule has 2 atom stereocenters. The van der Waals surface area contributed by atoms with Crippen molar-refractivity contribution in [1.82, 2.24) is 14.5 Å². The molecule has 7 nitrogen and oxygen atoms in total. The van der Waals surface area contributed by atoms with Gasteiger partial charge in [-0.25, -0.2) is 4.98 Å². The van der Waals surface area contributed by atoms with E-state index in [0.717, 1.165) is 36.2 Å². The second-order valence-electron chi connectivity index (χ2n) is 8.64. The van der Waals surface area contributed by atoms with E-state index in [-0.39, 0.29) is 18.0 Å². The Morgan fingerprint density at radius 3 is 2.76 bits per heavy atom. The summed E-state index contributed by atoms with van der Waals surface area (Å²) in [5, 5.41) is 5.67. The van der Waals surface area contributed by atoms with Gasteiger partial charge in [-0.1, -0.05) is 12.1 Å². The molecule has 0 radical (unpaired) electrons. The van der Waals surface area contributed by atoms with Crippen LogP contribution in [0.1, 0.15) is 59.2 Å². The van der Waals surface area contributed by atoms with E-state index in [0.29, 0.717) is 17.4 Å². The molecule has 34 heavy (non-hydrogen) atoms. The highest BCUT2D eigenvalue weighted by Gasteiger charge is 2.28. The highest BCUT2D eigenvalue weighted by Crippen LogP contribution is 2.37. The van der Waals surface area contributed by atoms with Crippen LogP contribution in [0.25, 0.3) is 0 Å². The van der Waals surface area contributed by atoms with E-state index in [2.05, 4.69) is 44.8 Å². The number of aromatic nitrogens is 3. The Labute approximate surface area is 203 Å². The van der Waals surface area contributed by atoms with Crippen molar-refractivity contribution in [3.63, 3.8) is 0 Å². The predicted octanol–water partition coefficient (Wildman–Crippen LogP) is 5.00. The lowest BCUT2D eigenvalue weighted by atomic mass is 10.1. The SMILES string of the molecule is C[C@H](N)c1ccc(N2CCC[C@@H]2c2csc(NC(=O)c3cccn3Cc3ccncc3)n2)cc1. The number of benzene rings is 1. The van der Waals surface area contributed by atoms with Gasteiger partial charge in [0.2, 0.25) is 0 Å². The lowest BCUT2D eigenvalue weighted by molar-refractivity contribution is 0.101. The Morgan fingerprint density at radius 2 is 2.00 bits per heavy atom. The molecular weight excluding hydrogens is 444 g/mol. The van der Waals surface area contributed by atoms with Gasteiger partial charge in [0, 0.05) is 48.8 Å². The molecule has 0 bridgehead atoms. The largest absolute Gasteiger partial charge is 0.363 e. The van der Waals surface area contributed by atoms with Crippen molar-refractivity contribution < 1.29 is 4.79 Å². The molecule has 5 rings (SSSR count). The van der Waals surface area contributed by atoms with E-state index >= 15 is 0 Å². The zero-order chi connectivity index (χ0) is 23.5. The summed E-state index contributed by atoms with van der Waals surface area (Å²) in [5.41, 5.74) is 11.0.